The number of benzene rings is 1. The van der Waals surface area contributed by atoms with Crippen LogP contribution in [0.1, 0.15) is 42.9 Å². The van der Waals surface area contributed by atoms with Crippen molar-refractivity contribution in [2.24, 2.45) is 0 Å². The summed E-state index contributed by atoms with van der Waals surface area (Å²) >= 11 is 0. The number of carbonyl (C=O) groups is 1. The lowest BCUT2D eigenvalue weighted by molar-refractivity contribution is -0.141. The van der Waals surface area contributed by atoms with Gasteiger partial charge < -0.3 is 4.74 Å². The van der Waals surface area contributed by atoms with Gasteiger partial charge in [0.05, 0.1) is 6.61 Å². The molecule has 0 saturated carbocycles. The molecule has 0 radical (unpaired) electrons. The average molecular weight is 246 g/mol. The molecule has 2 heteroatoms. The van der Waals surface area contributed by atoms with Crippen LogP contribution in [0.25, 0.3) is 6.08 Å². The maximum atomic E-state index is 10.5. The van der Waals surface area contributed by atoms with E-state index in [9.17, 15) is 4.79 Å². The Kier molecular flexibility index (Phi) is 6.20. The highest BCUT2D eigenvalue weighted by molar-refractivity contribution is 5.65. The summed E-state index contributed by atoms with van der Waals surface area (Å²) in [7, 11) is 0. The van der Waals surface area contributed by atoms with Crippen molar-refractivity contribution < 1.29 is 9.53 Å². The Morgan fingerprint density at radius 3 is 2.72 bits per heavy atom. The van der Waals surface area contributed by atoms with Crippen LogP contribution in [-0.2, 0) is 9.53 Å². The normalized spacial score (nSPS) is 10.8. The predicted octanol–water partition coefficient (Wildman–Crippen LogP) is 4.05. The molecule has 0 aliphatic carbocycles. The SMILES string of the molecule is CC(=O)OCCCC/C=C/c1ccc(C)cc1C. The molecule has 0 amide bonds. The van der Waals surface area contributed by atoms with E-state index >= 15 is 0 Å². The zero-order valence-electron chi connectivity index (χ0n) is 11.5. The molecular weight excluding hydrogens is 224 g/mol. The van der Waals surface area contributed by atoms with Gasteiger partial charge >= 0.3 is 5.97 Å². The van der Waals surface area contributed by atoms with E-state index in [4.69, 9.17) is 4.74 Å². The van der Waals surface area contributed by atoms with Gasteiger partial charge in [-0.25, -0.2) is 0 Å². The van der Waals surface area contributed by atoms with Crippen molar-refractivity contribution in [2.45, 2.75) is 40.0 Å². The average Bonchev–Trinajstić information content (AvgIpc) is 2.30. The van der Waals surface area contributed by atoms with Gasteiger partial charge in [0.15, 0.2) is 0 Å². The lowest BCUT2D eigenvalue weighted by Gasteiger charge is -2.02. The molecule has 0 aliphatic heterocycles. The van der Waals surface area contributed by atoms with Gasteiger partial charge in [-0.15, -0.1) is 0 Å². The van der Waals surface area contributed by atoms with Crippen molar-refractivity contribution in [1.82, 2.24) is 0 Å². The Balaban J connectivity index is 2.26. The monoisotopic (exact) mass is 246 g/mol. The van der Waals surface area contributed by atoms with Crippen molar-refractivity contribution in [3.63, 3.8) is 0 Å². The van der Waals surface area contributed by atoms with E-state index in [1.807, 2.05) is 0 Å². The summed E-state index contributed by atoms with van der Waals surface area (Å²) in [5.74, 6) is -0.194. The van der Waals surface area contributed by atoms with Crippen LogP contribution in [0.15, 0.2) is 24.3 Å². The Morgan fingerprint density at radius 2 is 2.06 bits per heavy atom. The molecule has 0 aromatic heterocycles. The number of allylic oxidation sites excluding steroid dienone is 1. The minimum absolute atomic E-state index is 0.194. The number of aryl methyl sites for hydroxylation is 2. The van der Waals surface area contributed by atoms with Gasteiger partial charge in [-0.05, 0) is 44.2 Å². The van der Waals surface area contributed by atoms with E-state index in [1.165, 1.54) is 23.6 Å². The van der Waals surface area contributed by atoms with Crippen LogP contribution in [0.2, 0.25) is 0 Å². The van der Waals surface area contributed by atoms with Crippen molar-refractivity contribution in [1.29, 1.82) is 0 Å². The van der Waals surface area contributed by atoms with Crippen LogP contribution >= 0.6 is 0 Å². The van der Waals surface area contributed by atoms with E-state index in [-0.39, 0.29) is 5.97 Å². The second-order valence-electron chi connectivity index (χ2n) is 4.60. The molecule has 2 nitrogen and oxygen atoms in total. The molecule has 1 rings (SSSR count). The molecule has 1 aromatic carbocycles. The summed E-state index contributed by atoms with van der Waals surface area (Å²) in [6.07, 6.45) is 7.35. The van der Waals surface area contributed by atoms with Gasteiger partial charge in [0.25, 0.3) is 0 Å². The fourth-order valence-electron chi connectivity index (χ4n) is 1.80. The fourth-order valence-corrected chi connectivity index (χ4v) is 1.80. The van der Waals surface area contributed by atoms with Crippen LogP contribution in [0, 0.1) is 13.8 Å². The first-order valence-electron chi connectivity index (χ1n) is 6.47. The molecule has 1 aromatic rings. The molecule has 0 spiro atoms. The van der Waals surface area contributed by atoms with Crippen LogP contribution in [0.4, 0.5) is 0 Å². The lowest BCUT2D eigenvalue weighted by atomic mass is 10.0. The maximum Gasteiger partial charge on any atom is 0.302 e. The highest BCUT2D eigenvalue weighted by Gasteiger charge is 1.94. The molecule has 0 N–H and O–H groups in total. The van der Waals surface area contributed by atoms with Crippen molar-refractivity contribution in [2.75, 3.05) is 6.61 Å². The highest BCUT2D eigenvalue weighted by Crippen LogP contribution is 2.12. The summed E-state index contributed by atoms with van der Waals surface area (Å²) in [6, 6.07) is 6.48. The molecule has 0 aliphatic rings. The van der Waals surface area contributed by atoms with Gasteiger partial charge in [0, 0.05) is 6.92 Å². The van der Waals surface area contributed by atoms with E-state index in [1.54, 1.807) is 0 Å². The van der Waals surface area contributed by atoms with Crippen LogP contribution in [-0.4, -0.2) is 12.6 Å². The second-order valence-corrected chi connectivity index (χ2v) is 4.60. The van der Waals surface area contributed by atoms with Crippen LogP contribution < -0.4 is 0 Å². The molecular formula is C16H22O2. The van der Waals surface area contributed by atoms with Crippen molar-refractivity contribution >= 4 is 12.0 Å². The van der Waals surface area contributed by atoms with E-state index in [2.05, 4.69) is 44.2 Å². The zero-order valence-corrected chi connectivity index (χ0v) is 11.5. The third kappa shape index (κ3) is 5.67. The van der Waals surface area contributed by atoms with E-state index < -0.39 is 0 Å². The number of hydrogen-bond acceptors (Lipinski definition) is 2. The first-order chi connectivity index (χ1) is 8.59. The van der Waals surface area contributed by atoms with E-state index in [0.29, 0.717) is 6.61 Å². The quantitative estimate of drug-likeness (QED) is 0.559. The second kappa shape index (κ2) is 7.70. The standard InChI is InChI=1S/C16H22O2/c1-13-9-10-16(14(2)12-13)8-6-4-5-7-11-18-15(3)17/h6,8-10,12H,4-5,7,11H2,1-3H3/b8-6+. The van der Waals surface area contributed by atoms with Crippen molar-refractivity contribution in [3.05, 3.63) is 41.0 Å². The lowest BCUT2D eigenvalue weighted by Crippen LogP contribution is -1.99. The van der Waals surface area contributed by atoms with Crippen LogP contribution in [0.3, 0.4) is 0 Å². The molecule has 0 fully saturated rings. The minimum Gasteiger partial charge on any atom is -0.466 e. The number of hydrogen-bond donors (Lipinski definition) is 0. The summed E-state index contributed by atoms with van der Waals surface area (Å²) in [4.78, 5) is 10.5. The third-order valence-electron chi connectivity index (χ3n) is 2.79. The summed E-state index contributed by atoms with van der Waals surface area (Å²) in [6.45, 7) is 6.22. The Hall–Kier alpha value is -1.57. The highest BCUT2D eigenvalue weighted by atomic mass is 16.5. The topological polar surface area (TPSA) is 26.3 Å². The molecule has 0 atom stereocenters. The smallest absolute Gasteiger partial charge is 0.302 e. The molecule has 0 heterocycles. The minimum atomic E-state index is -0.194. The summed E-state index contributed by atoms with van der Waals surface area (Å²) in [5.41, 5.74) is 3.89. The molecule has 0 unspecified atom stereocenters. The van der Waals surface area contributed by atoms with Gasteiger partial charge in [-0.3, -0.25) is 4.79 Å². The van der Waals surface area contributed by atoms with Gasteiger partial charge in [0.1, 0.15) is 0 Å². The maximum absolute atomic E-state index is 10.5. The molecule has 98 valence electrons. The fraction of sp³-hybridized carbons (Fsp3) is 0.438. The Labute approximate surface area is 110 Å². The predicted molar refractivity (Wildman–Crippen MR) is 75.4 cm³/mol. The zero-order chi connectivity index (χ0) is 13.4. The largest absolute Gasteiger partial charge is 0.466 e. The Bertz CT molecular complexity index is 419. The molecule has 18 heavy (non-hydrogen) atoms. The van der Waals surface area contributed by atoms with Crippen LogP contribution in [0.5, 0.6) is 0 Å². The first kappa shape index (κ1) is 14.5. The van der Waals surface area contributed by atoms with Gasteiger partial charge in [-0.1, -0.05) is 35.9 Å². The number of carbonyl (C=O) groups excluding carboxylic acids is 1. The Morgan fingerprint density at radius 1 is 1.28 bits per heavy atom. The van der Waals surface area contributed by atoms with Gasteiger partial charge in [-0.2, -0.15) is 0 Å². The third-order valence-corrected chi connectivity index (χ3v) is 2.79. The summed E-state index contributed by atoms with van der Waals surface area (Å²) < 4.78 is 4.88. The van der Waals surface area contributed by atoms with E-state index in [0.717, 1.165) is 19.3 Å². The molecule has 0 saturated heterocycles. The summed E-state index contributed by atoms with van der Waals surface area (Å²) in [5, 5.41) is 0. The number of unbranched alkanes of at least 4 members (excludes halogenated alkanes) is 2. The number of rotatable bonds is 6. The first-order valence-corrected chi connectivity index (χ1v) is 6.47. The number of ether oxygens (including phenoxy) is 1. The number of esters is 1. The molecule has 0 bridgehead atoms. The van der Waals surface area contributed by atoms with Gasteiger partial charge in [0.2, 0.25) is 0 Å². The van der Waals surface area contributed by atoms with Crippen molar-refractivity contribution in [3.8, 4) is 0 Å².